The maximum atomic E-state index is 10.3. The van der Waals surface area contributed by atoms with Gasteiger partial charge >= 0.3 is 11.7 Å². The largest absolute Gasteiger partial charge is 0.508 e. The summed E-state index contributed by atoms with van der Waals surface area (Å²) in [6, 6.07) is 0. The van der Waals surface area contributed by atoms with Crippen LogP contribution in [0.25, 0.3) is 0 Å². The normalized spacial score (nSPS) is 10.7. The highest BCUT2D eigenvalue weighted by molar-refractivity contribution is 5.85. The lowest BCUT2D eigenvalue weighted by atomic mass is 10.5. The Balaban J connectivity index is 4.39. The topological polar surface area (TPSA) is 89.7 Å². The fourth-order valence-corrected chi connectivity index (χ4v) is 0.279. The van der Waals surface area contributed by atoms with E-state index in [0.29, 0.717) is 0 Å². The molecule has 0 aliphatic rings. The van der Waals surface area contributed by atoms with Gasteiger partial charge in [0.2, 0.25) is 0 Å². The highest BCUT2D eigenvalue weighted by atomic mass is 16.6. The molecule has 0 heterocycles. The molecule has 0 spiro atoms. The Hall–Kier alpha value is -1.59. The number of hydrogen-bond donors (Lipinski definition) is 1. The van der Waals surface area contributed by atoms with Crippen LogP contribution < -0.4 is 0 Å². The van der Waals surface area contributed by atoms with Crippen LogP contribution in [-0.2, 0) is 9.53 Å². The van der Waals surface area contributed by atoms with Gasteiger partial charge in [-0.3, -0.25) is 10.1 Å². The summed E-state index contributed by atoms with van der Waals surface area (Å²) >= 11 is 0. The monoisotopic (exact) mass is 147 g/mol. The molecule has 0 bridgehead atoms. The molecular weight excluding hydrogens is 142 g/mol. The number of carbonyl (C=O) groups is 1. The maximum Gasteiger partial charge on any atom is 0.412 e. The molecule has 0 amide bonds. The summed E-state index contributed by atoms with van der Waals surface area (Å²) in [6.07, 6.45) is 0.0891. The van der Waals surface area contributed by atoms with Crippen molar-refractivity contribution < 1.29 is 19.6 Å². The molecule has 6 heteroatoms. The van der Waals surface area contributed by atoms with E-state index in [0.717, 1.165) is 7.11 Å². The molecule has 1 N–H and O–H groups in total. The number of hydrogen-bond acceptors (Lipinski definition) is 5. The molecule has 0 aromatic rings. The van der Waals surface area contributed by atoms with Crippen molar-refractivity contribution in [1.29, 1.82) is 0 Å². The second-order valence-electron chi connectivity index (χ2n) is 1.26. The van der Waals surface area contributed by atoms with Crippen LogP contribution >= 0.6 is 0 Å². The highest BCUT2D eigenvalue weighted by Gasteiger charge is 2.22. The van der Waals surface area contributed by atoms with Gasteiger partial charge in [-0.15, -0.1) is 0 Å². The summed E-state index contributed by atoms with van der Waals surface area (Å²) in [5.74, 6) is -1.17. The van der Waals surface area contributed by atoms with Gasteiger partial charge in [0.25, 0.3) is 0 Å². The van der Waals surface area contributed by atoms with E-state index in [4.69, 9.17) is 5.11 Å². The SMILES string of the molecule is COC(=O)/C(=C\O)[N+](=O)[O-]. The van der Waals surface area contributed by atoms with Gasteiger partial charge in [0.15, 0.2) is 6.26 Å². The Morgan fingerprint density at radius 1 is 1.80 bits per heavy atom. The Labute approximate surface area is 55.9 Å². The summed E-state index contributed by atoms with van der Waals surface area (Å²) < 4.78 is 3.96. The number of aliphatic hydroxyl groups is 1. The second-order valence-corrected chi connectivity index (χ2v) is 1.26. The Kier molecular flexibility index (Phi) is 2.89. The third-order valence-corrected chi connectivity index (χ3v) is 0.714. The first-order valence-corrected chi connectivity index (χ1v) is 2.20. The second kappa shape index (κ2) is 3.44. The molecule has 0 aliphatic carbocycles. The molecule has 0 aromatic heterocycles. The fourth-order valence-electron chi connectivity index (χ4n) is 0.279. The zero-order valence-electron chi connectivity index (χ0n) is 5.10. The molecule has 0 saturated heterocycles. The Bertz CT molecular complexity index is 184. The Morgan fingerprint density at radius 3 is 2.40 bits per heavy atom. The molecule has 0 aliphatic heterocycles. The average Bonchev–Trinajstić information content (AvgIpc) is 1.88. The van der Waals surface area contributed by atoms with Gasteiger partial charge in [0.05, 0.1) is 12.0 Å². The van der Waals surface area contributed by atoms with Crippen molar-refractivity contribution in [3.05, 3.63) is 22.1 Å². The van der Waals surface area contributed by atoms with Crippen molar-refractivity contribution in [2.24, 2.45) is 0 Å². The quantitative estimate of drug-likeness (QED) is 0.192. The van der Waals surface area contributed by atoms with Crippen LogP contribution in [0.1, 0.15) is 0 Å². The molecule has 6 nitrogen and oxygen atoms in total. The molecule has 0 fully saturated rings. The van der Waals surface area contributed by atoms with Crippen LogP contribution in [0.2, 0.25) is 0 Å². The van der Waals surface area contributed by atoms with E-state index in [1.165, 1.54) is 0 Å². The zero-order chi connectivity index (χ0) is 8.15. The van der Waals surface area contributed by atoms with Crippen molar-refractivity contribution in [3.8, 4) is 0 Å². The number of carbonyl (C=O) groups excluding carboxylic acids is 1. The lowest BCUT2D eigenvalue weighted by Gasteiger charge is -1.92. The number of aliphatic hydroxyl groups excluding tert-OH is 1. The summed E-state index contributed by atoms with van der Waals surface area (Å²) in [5, 5.41) is 17.9. The molecule has 10 heavy (non-hydrogen) atoms. The van der Waals surface area contributed by atoms with Crippen LogP contribution in [0.15, 0.2) is 12.0 Å². The maximum absolute atomic E-state index is 10.3. The molecule has 0 unspecified atom stereocenters. The molecule has 0 aromatic carbocycles. The third-order valence-electron chi connectivity index (χ3n) is 0.714. The van der Waals surface area contributed by atoms with E-state index in [1.54, 1.807) is 0 Å². The van der Waals surface area contributed by atoms with Crippen molar-refractivity contribution >= 4 is 5.97 Å². The molecule has 0 saturated carbocycles. The van der Waals surface area contributed by atoms with Crippen LogP contribution in [0.5, 0.6) is 0 Å². The van der Waals surface area contributed by atoms with Gasteiger partial charge in [0.1, 0.15) is 0 Å². The molecular formula is C4H5NO5. The first-order chi connectivity index (χ1) is 4.63. The average molecular weight is 147 g/mol. The van der Waals surface area contributed by atoms with Crippen molar-refractivity contribution in [2.75, 3.05) is 7.11 Å². The number of methoxy groups -OCH3 is 1. The Morgan fingerprint density at radius 2 is 2.30 bits per heavy atom. The molecule has 56 valence electrons. The third kappa shape index (κ3) is 1.73. The van der Waals surface area contributed by atoms with Crippen LogP contribution in [0, 0.1) is 10.1 Å². The minimum absolute atomic E-state index is 0.0891. The van der Waals surface area contributed by atoms with E-state index in [2.05, 4.69) is 4.74 Å². The molecule has 0 radical (unpaired) electrons. The van der Waals surface area contributed by atoms with Gasteiger partial charge in [0, 0.05) is 0 Å². The number of esters is 1. The van der Waals surface area contributed by atoms with Gasteiger partial charge in [-0.25, -0.2) is 4.79 Å². The van der Waals surface area contributed by atoms with E-state index in [-0.39, 0.29) is 6.26 Å². The number of ether oxygens (including phenoxy) is 1. The van der Waals surface area contributed by atoms with Gasteiger partial charge in [-0.1, -0.05) is 0 Å². The van der Waals surface area contributed by atoms with E-state index in [9.17, 15) is 14.9 Å². The summed E-state index contributed by atoms with van der Waals surface area (Å²) in [7, 11) is 0.981. The predicted molar refractivity (Wildman–Crippen MR) is 29.7 cm³/mol. The smallest absolute Gasteiger partial charge is 0.412 e. The van der Waals surface area contributed by atoms with Gasteiger partial charge in [-0.05, 0) is 0 Å². The summed E-state index contributed by atoms with van der Waals surface area (Å²) in [4.78, 5) is 19.1. The van der Waals surface area contributed by atoms with Crippen molar-refractivity contribution in [1.82, 2.24) is 0 Å². The standard InChI is InChI=1S/C4H5NO5/c1-10-4(7)3(2-6)5(8)9/h2,6H,1H3/b3-2+. The first-order valence-electron chi connectivity index (χ1n) is 2.20. The van der Waals surface area contributed by atoms with Crippen molar-refractivity contribution in [2.45, 2.75) is 0 Å². The number of rotatable bonds is 2. The van der Waals surface area contributed by atoms with Crippen LogP contribution in [-0.4, -0.2) is 23.1 Å². The van der Waals surface area contributed by atoms with Crippen molar-refractivity contribution in [3.63, 3.8) is 0 Å². The van der Waals surface area contributed by atoms with E-state index >= 15 is 0 Å². The minimum atomic E-state index is -1.17. The lowest BCUT2D eigenvalue weighted by Crippen LogP contribution is -2.12. The summed E-state index contributed by atoms with van der Waals surface area (Å²) in [5.41, 5.74) is -0.984. The highest BCUT2D eigenvalue weighted by Crippen LogP contribution is 1.95. The molecule has 0 rings (SSSR count). The first kappa shape index (κ1) is 8.41. The zero-order valence-corrected chi connectivity index (χ0v) is 5.10. The number of nitrogens with zero attached hydrogens (tertiary/aromatic N) is 1. The number of nitro groups is 1. The van der Waals surface area contributed by atoms with E-state index in [1.807, 2.05) is 0 Å². The van der Waals surface area contributed by atoms with Crippen LogP contribution in [0.4, 0.5) is 0 Å². The van der Waals surface area contributed by atoms with Crippen LogP contribution in [0.3, 0.4) is 0 Å². The van der Waals surface area contributed by atoms with E-state index < -0.39 is 16.6 Å². The minimum Gasteiger partial charge on any atom is -0.508 e. The molecule has 0 atom stereocenters. The fraction of sp³-hybridized carbons (Fsp3) is 0.250. The van der Waals surface area contributed by atoms with Gasteiger partial charge < -0.3 is 9.84 Å². The van der Waals surface area contributed by atoms with Gasteiger partial charge in [-0.2, -0.15) is 0 Å². The predicted octanol–water partition coefficient (Wildman–Crippen LogP) is -0.165. The lowest BCUT2D eigenvalue weighted by molar-refractivity contribution is -0.422. The summed E-state index contributed by atoms with van der Waals surface area (Å²) in [6.45, 7) is 0.